The summed E-state index contributed by atoms with van der Waals surface area (Å²) in [6, 6.07) is 0.950. The standard InChI is InChI=1S/C14H29N/c1-12(2)7-5-6-10-15(11-13(3)4)14-8-9-14/h12-14H,5-11H2,1-4H3. The van der Waals surface area contributed by atoms with Crippen LogP contribution in [0, 0.1) is 11.8 Å². The van der Waals surface area contributed by atoms with E-state index in [1.807, 2.05) is 0 Å². The van der Waals surface area contributed by atoms with Gasteiger partial charge in [0.1, 0.15) is 0 Å². The molecule has 0 bridgehead atoms. The van der Waals surface area contributed by atoms with Crippen molar-refractivity contribution < 1.29 is 0 Å². The van der Waals surface area contributed by atoms with Crippen LogP contribution in [0.1, 0.15) is 59.8 Å². The first kappa shape index (κ1) is 13.0. The Morgan fingerprint density at radius 3 is 2.13 bits per heavy atom. The Morgan fingerprint density at radius 1 is 1.00 bits per heavy atom. The molecule has 1 nitrogen and oxygen atoms in total. The predicted molar refractivity (Wildman–Crippen MR) is 68.1 cm³/mol. The Hall–Kier alpha value is -0.0400. The van der Waals surface area contributed by atoms with Gasteiger partial charge < -0.3 is 4.90 Å². The minimum absolute atomic E-state index is 0.829. The Kier molecular flexibility index (Phi) is 5.66. The van der Waals surface area contributed by atoms with Crippen molar-refractivity contribution >= 4 is 0 Å². The zero-order valence-corrected chi connectivity index (χ0v) is 11.1. The van der Waals surface area contributed by atoms with E-state index in [1.165, 1.54) is 45.2 Å². The molecule has 0 spiro atoms. The highest BCUT2D eigenvalue weighted by Gasteiger charge is 2.28. The lowest BCUT2D eigenvalue weighted by molar-refractivity contribution is 0.228. The fraction of sp³-hybridized carbons (Fsp3) is 1.00. The summed E-state index contributed by atoms with van der Waals surface area (Å²) in [5.41, 5.74) is 0. The second-order valence-corrected chi connectivity index (χ2v) is 6.01. The Morgan fingerprint density at radius 2 is 1.67 bits per heavy atom. The zero-order valence-electron chi connectivity index (χ0n) is 11.1. The van der Waals surface area contributed by atoms with Crippen LogP contribution in [-0.2, 0) is 0 Å². The first-order valence-electron chi connectivity index (χ1n) is 6.83. The molecule has 0 aromatic carbocycles. The van der Waals surface area contributed by atoms with Gasteiger partial charge in [-0.1, -0.05) is 40.5 Å². The summed E-state index contributed by atoms with van der Waals surface area (Å²) in [5.74, 6) is 1.71. The summed E-state index contributed by atoms with van der Waals surface area (Å²) >= 11 is 0. The van der Waals surface area contributed by atoms with Crippen molar-refractivity contribution in [2.75, 3.05) is 13.1 Å². The lowest BCUT2D eigenvalue weighted by Crippen LogP contribution is -2.31. The average molecular weight is 211 g/mol. The van der Waals surface area contributed by atoms with Gasteiger partial charge in [0.25, 0.3) is 0 Å². The molecule has 0 aliphatic heterocycles. The molecule has 0 N–H and O–H groups in total. The summed E-state index contributed by atoms with van der Waals surface area (Å²) in [6.45, 7) is 12.0. The number of rotatable bonds is 8. The van der Waals surface area contributed by atoms with Crippen molar-refractivity contribution in [3.8, 4) is 0 Å². The van der Waals surface area contributed by atoms with E-state index in [-0.39, 0.29) is 0 Å². The van der Waals surface area contributed by atoms with Crippen molar-refractivity contribution in [1.29, 1.82) is 0 Å². The van der Waals surface area contributed by atoms with Gasteiger partial charge in [-0.3, -0.25) is 0 Å². The number of unbranched alkanes of at least 4 members (excludes halogenated alkanes) is 1. The molecule has 90 valence electrons. The van der Waals surface area contributed by atoms with Crippen LogP contribution in [0.3, 0.4) is 0 Å². The van der Waals surface area contributed by atoms with Crippen molar-refractivity contribution in [3.05, 3.63) is 0 Å². The van der Waals surface area contributed by atoms with Crippen LogP contribution in [0.25, 0.3) is 0 Å². The van der Waals surface area contributed by atoms with Crippen LogP contribution in [0.4, 0.5) is 0 Å². The van der Waals surface area contributed by atoms with Crippen LogP contribution >= 0.6 is 0 Å². The maximum atomic E-state index is 2.73. The van der Waals surface area contributed by atoms with Crippen molar-refractivity contribution in [3.63, 3.8) is 0 Å². The number of hydrogen-bond donors (Lipinski definition) is 0. The van der Waals surface area contributed by atoms with E-state index in [2.05, 4.69) is 32.6 Å². The third-order valence-electron chi connectivity index (χ3n) is 3.14. The molecule has 1 saturated carbocycles. The molecule has 0 heterocycles. The molecule has 0 atom stereocenters. The summed E-state index contributed by atoms with van der Waals surface area (Å²) < 4.78 is 0. The molecule has 1 heteroatoms. The van der Waals surface area contributed by atoms with Crippen molar-refractivity contribution in [2.45, 2.75) is 65.8 Å². The van der Waals surface area contributed by atoms with Crippen LogP contribution < -0.4 is 0 Å². The molecule has 0 unspecified atom stereocenters. The highest BCUT2D eigenvalue weighted by molar-refractivity contribution is 4.84. The van der Waals surface area contributed by atoms with Gasteiger partial charge >= 0.3 is 0 Å². The molecular weight excluding hydrogens is 182 g/mol. The molecule has 1 aliphatic rings. The number of hydrogen-bond acceptors (Lipinski definition) is 1. The van der Waals surface area contributed by atoms with Gasteiger partial charge in [-0.15, -0.1) is 0 Å². The van der Waals surface area contributed by atoms with Gasteiger partial charge in [0, 0.05) is 12.6 Å². The van der Waals surface area contributed by atoms with Crippen LogP contribution in [0.5, 0.6) is 0 Å². The van der Waals surface area contributed by atoms with Gasteiger partial charge in [-0.2, -0.15) is 0 Å². The van der Waals surface area contributed by atoms with Gasteiger partial charge in [0.05, 0.1) is 0 Å². The Bertz CT molecular complexity index is 159. The maximum absolute atomic E-state index is 2.73. The molecule has 1 fully saturated rings. The summed E-state index contributed by atoms with van der Waals surface area (Å²) in [7, 11) is 0. The lowest BCUT2D eigenvalue weighted by atomic mass is 10.1. The largest absolute Gasteiger partial charge is 0.300 e. The Balaban J connectivity index is 2.09. The molecule has 1 aliphatic carbocycles. The summed E-state index contributed by atoms with van der Waals surface area (Å²) in [4.78, 5) is 2.73. The Labute approximate surface area is 96.2 Å². The number of nitrogens with zero attached hydrogens (tertiary/aromatic N) is 1. The first-order valence-corrected chi connectivity index (χ1v) is 6.83. The lowest BCUT2D eigenvalue weighted by Gasteiger charge is -2.24. The molecule has 0 amide bonds. The van der Waals surface area contributed by atoms with E-state index in [9.17, 15) is 0 Å². The topological polar surface area (TPSA) is 3.24 Å². The second kappa shape index (κ2) is 6.52. The van der Waals surface area contributed by atoms with Crippen molar-refractivity contribution in [1.82, 2.24) is 4.90 Å². The molecule has 1 rings (SSSR count). The minimum atomic E-state index is 0.829. The van der Waals surface area contributed by atoms with E-state index >= 15 is 0 Å². The molecule has 0 aromatic rings. The van der Waals surface area contributed by atoms with E-state index in [0.717, 1.165) is 17.9 Å². The fourth-order valence-electron chi connectivity index (χ4n) is 2.20. The smallest absolute Gasteiger partial charge is 0.00965 e. The average Bonchev–Trinajstić information content (AvgIpc) is 2.92. The van der Waals surface area contributed by atoms with E-state index in [0.29, 0.717) is 0 Å². The van der Waals surface area contributed by atoms with E-state index in [1.54, 1.807) is 0 Å². The zero-order chi connectivity index (χ0) is 11.3. The van der Waals surface area contributed by atoms with Crippen molar-refractivity contribution in [2.24, 2.45) is 11.8 Å². The van der Waals surface area contributed by atoms with Gasteiger partial charge in [-0.05, 0) is 37.6 Å². The predicted octanol–water partition coefficient (Wildman–Crippen LogP) is 3.93. The SMILES string of the molecule is CC(C)CCCCN(CC(C)C)C1CC1. The monoisotopic (exact) mass is 211 g/mol. The summed E-state index contributed by atoms with van der Waals surface area (Å²) in [5, 5.41) is 0. The van der Waals surface area contributed by atoms with Crippen LogP contribution in [-0.4, -0.2) is 24.0 Å². The molecule has 0 radical (unpaired) electrons. The quantitative estimate of drug-likeness (QED) is 0.550. The van der Waals surface area contributed by atoms with Crippen LogP contribution in [0.2, 0.25) is 0 Å². The third kappa shape index (κ3) is 6.19. The van der Waals surface area contributed by atoms with Gasteiger partial charge in [-0.25, -0.2) is 0 Å². The minimum Gasteiger partial charge on any atom is -0.300 e. The highest BCUT2D eigenvalue weighted by Crippen LogP contribution is 2.27. The van der Waals surface area contributed by atoms with Gasteiger partial charge in [0.15, 0.2) is 0 Å². The molecule has 0 saturated heterocycles. The molecule has 15 heavy (non-hydrogen) atoms. The maximum Gasteiger partial charge on any atom is 0.00965 e. The van der Waals surface area contributed by atoms with Gasteiger partial charge in [0.2, 0.25) is 0 Å². The molecule has 0 aromatic heterocycles. The van der Waals surface area contributed by atoms with E-state index in [4.69, 9.17) is 0 Å². The fourth-order valence-corrected chi connectivity index (χ4v) is 2.20. The normalized spacial score (nSPS) is 17.0. The first-order chi connectivity index (χ1) is 7.09. The molecular formula is C14H29N. The van der Waals surface area contributed by atoms with E-state index < -0.39 is 0 Å². The highest BCUT2D eigenvalue weighted by atomic mass is 15.2. The third-order valence-corrected chi connectivity index (χ3v) is 3.14. The second-order valence-electron chi connectivity index (χ2n) is 6.01. The summed E-state index contributed by atoms with van der Waals surface area (Å²) in [6.07, 6.45) is 7.13. The van der Waals surface area contributed by atoms with Crippen LogP contribution in [0.15, 0.2) is 0 Å².